The van der Waals surface area contributed by atoms with Crippen molar-refractivity contribution in [1.82, 2.24) is 5.32 Å². The van der Waals surface area contributed by atoms with E-state index in [0.717, 1.165) is 5.56 Å². The summed E-state index contributed by atoms with van der Waals surface area (Å²) in [6, 6.07) is 11.7. The van der Waals surface area contributed by atoms with Gasteiger partial charge in [0.05, 0.1) is 14.2 Å². The minimum absolute atomic E-state index is 0.0761. The first-order valence-corrected chi connectivity index (χ1v) is 9.42. The lowest BCUT2D eigenvalue weighted by Crippen LogP contribution is -2.34. The Labute approximate surface area is 172 Å². The first-order valence-electron chi connectivity index (χ1n) is 9.42. The van der Waals surface area contributed by atoms with Crippen molar-refractivity contribution in [3.8, 4) is 17.2 Å². The molecule has 0 radical (unpaired) electrons. The molecule has 0 bridgehead atoms. The molecule has 0 saturated heterocycles. The van der Waals surface area contributed by atoms with E-state index in [1.807, 2.05) is 18.2 Å². The number of nitrogens with two attached hydrogens (primary N) is 1. The van der Waals surface area contributed by atoms with Gasteiger partial charge in [0.2, 0.25) is 0 Å². The molecule has 0 heterocycles. The lowest BCUT2D eigenvalue weighted by atomic mass is 10.1. The summed E-state index contributed by atoms with van der Waals surface area (Å²) in [5.41, 5.74) is 7.47. The van der Waals surface area contributed by atoms with Crippen molar-refractivity contribution in [1.29, 1.82) is 0 Å². The van der Waals surface area contributed by atoms with Crippen LogP contribution in [0, 0.1) is 0 Å². The Morgan fingerprint density at radius 1 is 1.10 bits per heavy atom. The number of nitrogens with one attached hydrogen (secondary N) is 1. The quantitative estimate of drug-likeness (QED) is 0.501. The van der Waals surface area contributed by atoms with Crippen molar-refractivity contribution in [3.05, 3.63) is 53.6 Å². The number of methoxy groups -OCH3 is 2. The molecule has 1 saturated carbocycles. The molecule has 162 valence electrons. The van der Waals surface area contributed by atoms with Crippen molar-refractivity contribution in [2.45, 2.75) is 31.2 Å². The summed E-state index contributed by atoms with van der Waals surface area (Å²) in [5.74, 6) is 1.27. The SMILES string of the molecule is COc1ccc(CCN=C(N)NC2CC2c2ccccc2OC(F)(F)F)cc1OC. The fourth-order valence-corrected chi connectivity index (χ4v) is 3.28. The monoisotopic (exact) mass is 423 g/mol. The summed E-state index contributed by atoms with van der Waals surface area (Å²) in [6.07, 6.45) is -3.41. The summed E-state index contributed by atoms with van der Waals surface area (Å²) in [7, 11) is 3.15. The van der Waals surface area contributed by atoms with Crippen LogP contribution in [0.5, 0.6) is 17.2 Å². The van der Waals surface area contributed by atoms with Gasteiger partial charge in [0, 0.05) is 18.5 Å². The van der Waals surface area contributed by atoms with E-state index in [0.29, 0.717) is 36.4 Å². The van der Waals surface area contributed by atoms with Gasteiger partial charge in [0.25, 0.3) is 0 Å². The predicted octanol–water partition coefficient (Wildman–Crippen LogP) is 3.61. The number of aliphatic imine (C=N–C) groups is 1. The second-order valence-corrected chi connectivity index (χ2v) is 6.88. The van der Waals surface area contributed by atoms with Crippen LogP contribution in [-0.2, 0) is 6.42 Å². The van der Waals surface area contributed by atoms with Crippen molar-refractivity contribution in [2.75, 3.05) is 20.8 Å². The second-order valence-electron chi connectivity index (χ2n) is 6.88. The first-order chi connectivity index (χ1) is 14.3. The zero-order valence-corrected chi connectivity index (χ0v) is 16.7. The summed E-state index contributed by atoms with van der Waals surface area (Å²) in [4.78, 5) is 4.31. The van der Waals surface area contributed by atoms with Crippen molar-refractivity contribution in [3.63, 3.8) is 0 Å². The van der Waals surface area contributed by atoms with Gasteiger partial charge in [0.1, 0.15) is 5.75 Å². The van der Waals surface area contributed by atoms with Crippen LogP contribution in [0.3, 0.4) is 0 Å². The topological polar surface area (TPSA) is 78.1 Å². The first kappa shape index (κ1) is 21.6. The van der Waals surface area contributed by atoms with Crippen molar-refractivity contribution in [2.24, 2.45) is 10.7 Å². The number of benzene rings is 2. The summed E-state index contributed by atoms with van der Waals surface area (Å²) in [5, 5.41) is 3.07. The van der Waals surface area contributed by atoms with Gasteiger partial charge >= 0.3 is 6.36 Å². The highest BCUT2D eigenvalue weighted by molar-refractivity contribution is 5.78. The number of para-hydroxylation sites is 1. The highest BCUT2D eigenvalue weighted by Gasteiger charge is 2.42. The molecule has 1 aliphatic rings. The number of guanidine groups is 1. The molecular weight excluding hydrogens is 399 g/mol. The van der Waals surface area contributed by atoms with Crippen LogP contribution in [0.2, 0.25) is 0 Å². The van der Waals surface area contributed by atoms with Gasteiger partial charge in [-0.3, -0.25) is 4.99 Å². The van der Waals surface area contributed by atoms with Crippen LogP contribution >= 0.6 is 0 Å². The molecule has 30 heavy (non-hydrogen) atoms. The Bertz CT molecular complexity index is 903. The minimum atomic E-state index is -4.72. The molecule has 3 N–H and O–H groups in total. The van der Waals surface area contributed by atoms with E-state index >= 15 is 0 Å². The molecule has 0 aromatic heterocycles. The Hall–Kier alpha value is -3.10. The molecule has 9 heteroatoms. The Balaban J connectivity index is 1.53. The molecule has 1 fully saturated rings. The maximum Gasteiger partial charge on any atom is 0.573 e. The maximum absolute atomic E-state index is 12.6. The fourth-order valence-electron chi connectivity index (χ4n) is 3.28. The van der Waals surface area contributed by atoms with Crippen LogP contribution in [0.4, 0.5) is 13.2 Å². The summed E-state index contributed by atoms with van der Waals surface area (Å²) in [6.45, 7) is 0.458. The number of hydrogen-bond donors (Lipinski definition) is 2. The number of nitrogens with zero attached hydrogens (tertiary/aromatic N) is 1. The predicted molar refractivity (Wildman–Crippen MR) is 107 cm³/mol. The number of hydrogen-bond acceptors (Lipinski definition) is 4. The molecule has 2 aromatic rings. The highest BCUT2D eigenvalue weighted by Crippen LogP contribution is 2.45. The van der Waals surface area contributed by atoms with Gasteiger partial charge in [-0.25, -0.2) is 0 Å². The van der Waals surface area contributed by atoms with Gasteiger partial charge in [-0.05, 0) is 42.2 Å². The normalized spacial score (nSPS) is 18.6. The molecule has 2 atom stereocenters. The standard InChI is InChI=1S/C21H24F3N3O3/c1-28-18-8-7-13(11-19(18)29-2)9-10-26-20(25)27-16-12-15(16)14-5-3-4-6-17(14)30-21(22,23)24/h3-8,11,15-16H,9-10,12H2,1-2H3,(H3,25,26,27). The zero-order valence-electron chi connectivity index (χ0n) is 16.7. The van der Waals surface area contributed by atoms with Gasteiger partial charge in [-0.1, -0.05) is 24.3 Å². The molecule has 3 rings (SSSR count). The smallest absolute Gasteiger partial charge is 0.493 e. The van der Waals surface area contributed by atoms with Crippen molar-refractivity contribution < 1.29 is 27.4 Å². The van der Waals surface area contributed by atoms with Crippen LogP contribution in [0.15, 0.2) is 47.5 Å². The molecule has 1 aliphatic carbocycles. The molecular formula is C21H24F3N3O3. The second kappa shape index (κ2) is 9.15. The largest absolute Gasteiger partial charge is 0.573 e. The third-order valence-electron chi connectivity index (χ3n) is 4.80. The Morgan fingerprint density at radius 3 is 2.53 bits per heavy atom. The Morgan fingerprint density at radius 2 is 1.83 bits per heavy atom. The van der Waals surface area contributed by atoms with E-state index in [-0.39, 0.29) is 23.7 Å². The molecule has 2 unspecified atom stereocenters. The fraction of sp³-hybridized carbons (Fsp3) is 0.381. The van der Waals surface area contributed by atoms with Crippen LogP contribution in [-0.4, -0.2) is 39.1 Å². The number of alkyl halides is 3. The van der Waals surface area contributed by atoms with Gasteiger partial charge in [-0.15, -0.1) is 13.2 Å². The maximum atomic E-state index is 12.6. The molecule has 6 nitrogen and oxygen atoms in total. The van der Waals surface area contributed by atoms with E-state index in [4.69, 9.17) is 15.2 Å². The van der Waals surface area contributed by atoms with Crippen molar-refractivity contribution >= 4 is 5.96 Å². The average Bonchev–Trinajstić information content (AvgIpc) is 3.45. The van der Waals surface area contributed by atoms with E-state index in [2.05, 4.69) is 15.0 Å². The van der Waals surface area contributed by atoms with Gasteiger partial charge in [-0.2, -0.15) is 0 Å². The summed E-state index contributed by atoms with van der Waals surface area (Å²) < 4.78 is 52.4. The highest BCUT2D eigenvalue weighted by atomic mass is 19.4. The average molecular weight is 423 g/mol. The van der Waals surface area contributed by atoms with Crippen LogP contribution < -0.4 is 25.3 Å². The minimum Gasteiger partial charge on any atom is -0.493 e. The summed E-state index contributed by atoms with van der Waals surface area (Å²) >= 11 is 0. The zero-order chi connectivity index (χ0) is 21.7. The van der Waals surface area contributed by atoms with E-state index in [1.54, 1.807) is 26.4 Å². The van der Waals surface area contributed by atoms with E-state index < -0.39 is 6.36 Å². The van der Waals surface area contributed by atoms with E-state index in [9.17, 15) is 13.2 Å². The number of halogens is 3. The third kappa shape index (κ3) is 5.71. The van der Waals surface area contributed by atoms with E-state index in [1.165, 1.54) is 12.1 Å². The molecule has 0 aliphatic heterocycles. The number of ether oxygens (including phenoxy) is 3. The van der Waals surface area contributed by atoms with Gasteiger partial charge < -0.3 is 25.3 Å². The lowest BCUT2D eigenvalue weighted by molar-refractivity contribution is -0.274. The lowest BCUT2D eigenvalue weighted by Gasteiger charge is -2.13. The third-order valence-corrected chi connectivity index (χ3v) is 4.80. The number of rotatable bonds is 8. The molecule has 0 amide bonds. The van der Waals surface area contributed by atoms with Crippen LogP contribution in [0.25, 0.3) is 0 Å². The Kier molecular flexibility index (Phi) is 6.59. The van der Waals surface area contributed by atoms with Crippen LogP contribution in [0.1, 0.15) is 23.5 Å². The van der Waals surface area contributed by atoms with Gasteiger partial charge in [0.15, 0.2) is 17.5 Å². The molecule has 0 spiro atoms. The molecule has 2 aromatic carbocycles.